The second kappa shape index (κ2) is 11.6. The van der Waals surface area contributed by atoms with Gasteiger partial charge in [-0.05, 0) is 48.9 Å². The van der Waals surface area contributed by atoms with Crippen molar-refractivity contribution in [3.05, 3.63) is 96.0 Å². The van der Waals surface area contributed by atoms with Crippen molar-refractivity contribution >= 4 is 38.3 Å². The molecule has 4 aromatic rings. The molecule has 0 aliphatic carbocycles. The number of hydrogen-bond acceptors (Lipinski definition) is 7. The fourth-order valence-corrected chi connectivity index (χ4v) is 5.36. The van der Waals surface area contributed by atoms with E-state index >= 15 is 0 Å². The number of imidazole rings is 1. The van der Waals surface area contributed by atoms with Gasteiger partial charge in [0.1, 0.15) is 18.2 Å². The summed E-state index contributed by atoms with van der Waals surface area (Å²) in [6.45, 7) is 1.67. The fraction of sp³-hybridized carbons (Fsp3) is 0.179. The van der Waals surface area contributed by atoms with E-state index in [4.69, 9.17) is 4.74 Å². The molecule has 38 heavy (non-hydrogen) atoms. The van der Waals surface area contributed by atoms with Crippen molar-refractivity contribution in [2.24, 2.45) is 0 Å². The molecular formula is C28H26N4O5S. The molecule has 0 atom stereocenters. The number of fused-ring (bicyclic) bond motifs is 1. The van der Waals surface area contributed by atoms with Crippen LogP contribution < -0.4 is 4.31 Å². The Morgan fingerprint density at radius 2 is 1.82 bits per heavy atom. The Morgan fingerprint density at radius 3 is 2.53 bits per heavy atom. The minimum absolute atomic E-state index is 0.00961. The summed E-state index contributed by atoms with van der Waals surface area (Å²) in [6, 6.07) is 23.3. The first kappa shape index (κ1) is 26.4. The number of aliphatic hydroxyl groups excluding tert-OH is 1. The molecule has 0 saturated heterocycles. The molecule has 0 saturated carbocycles. The summed E-state index contributed by atoms with van der Waals surface area (Å²) in [6.07, 6.45) is 1.47. The van der Waals surface area contributed by atoms with Crippen LogP contribution in [-0.4, -0.2) is 42.6 Å². The summed E-state index contributed by atoms with van der Waals surface area (Å²) in [5.74, 6) is -1.20. The van der Waals surface area contributed by atoms with E-state index in [1.54, 1.807) is 54.6 Å². The number of H-pyrrole nitrogens is 1. The summed E-state index contributed by atoms with van der Waals surface area (Å²) in [5.41, 5.74) is 1.64. The van der Waals surface area contributed by atoms with Gasteiger partial charge in [0.2, 0.25) is 0 Å². The number of allylic oxidation sites excluding steroid dienone is 1. The number of carbonyl (C=O) groups is 1. The second-order valence-corrected chi connectivity index (χ2v) is 10.3. The molecule has 2 N–H and O–H groups in total. The Bertz CT molecular complexity index is 1590. The van der Waals surface area contributed by atoms with Gasteiger partial charge in [-0.25, -0.2) is 18.2 Å². The number of unbranched alkanes of at least 4 members (excludes halogenated alkanes) is 1. The van der Waals surface area contributed by atoms with Crippen LogP contribution in [0.4, 0.5) is 5.69 Å². The lowest BCUT2D eigenvalue weighted by Gasteiger charge is -2.24. The SMILES string of the molecule is CCCCN(c1ccccc1)S(=O)(=O)c1cccc(C(=O)OC/C(O)=C(\C#N)c2nc3ccccc3[nH]2)c1. The van der Waals surface area contributed by atoms with Crippen LogP contribution in [0.1, 0.15) is 35.9 Å². The average Bonchev–Trinajstić information content (AvgIpc) is 3.36. The number of anilines is 1. The third-order valence-electron chi connectivity index (χ3n) is 5.78. The van der Waals surface area contributed by atoms with Gasteiger partial charge in [0.15, 0.2) is 11.6 Å². The topological polar surface area (TPSA) is 136 Å². The summed E-state index contributed by atoms with van der Waals surface area (Å²) in [4.78, 5) is 19.9. The third kappa shape index (κ3) is 5.68. The number of nitrogens with zero attached hydrogens (tertiary/aromatic N) is 3. The number of benzene rings is 3. The molecule has 0 aliphatic heterocycles. The van der Waals surface area contributed by atoms with Crippen LogP contribution in [0.25, 0.3) is 16.6 Å². The molecule has 0 aliphatic rings. The maximum atomic E-state index is 13.5. The van der Waals surface area contributed by atoms with E-state index in [9.17, 15) is 23.6 Å². The first-order valence-electron chi connectivity index (χ1n) is 12.0. The predicted molar refractivity (Wildman–Crippen MR) is 144 cm³/mol. The first-order chi connectivity index (χ1) is 18.3. The van der Waals surface area contributed by atoms with E-state index in [1.165, 1.54) is 28.6 Å². The van der Waals surface area contributed by atoms with Crippen LogP contribution in [-0.2, 0) is 14.8 Å². The highest BCUT2D eigenvalue weighted by molar-refractivity contribution is 7.92. The van der Waals surface area contributed by atoms with Crippen LogP contribution in [0.15, 0.2) is 89.5 Å². The lowest BCUT2D eigenvalue weighted by molar-refractivity contribution is 0.0502. The molecule has 10 heteroatoms. The predicted octanol–water partition coefficient (Wildman–Crippen LogP) is 5.21. The van der Waals surface area contributed by atoms with Gasteiger partial charge in [-0.2, -0.15) is 5.26 Å². The van der Waals surface area contributed by atoms with Crippen LogP contribution in [0.3, 0.4) is 0 Å². The number of ether oxygens (including phenoxy) is 1. The third-order valence-corrected chi connectivity index (χ3v) is 7.61. The zero-order valence-electron chi connectivity index (χ0n) is 20.7. The van der Waals surface area contributed by atoms with Gasteiger partial charge >= 0.3 is 5.97 Å². The van der Waals surface area contributed by atoms with E-state index < -0.39 is 28.4 Å². The number of aromatic nitrogens is 2. The Balaban J connectivity index is 1.54. The summed E-state index contributed by atoms with van der Waals surface area (Å²) in [7, 11) is -3.97. The standard InChI is InChI=1S/C28H26N4O5S/c1-2-3-16-32(21-11-5-4-6-12-21)38(35,36)22-13-9-10-20(17-22)28(34)37-19-26(33)23(18-29)27-30-24-14-7-8-15-25(24)31-27/h4-15,17,33H,2-3,16,19H2,1H3,(H,30,31)/b26-23-. The van der Waals surface area contributed by atoms with Crippen LogP contribution >= 0.6 is 0 Å². The van der Waals surface area contributed by atoms with E-state index in [-0.39, 0.29) is 28.4 Å². The molecule has 0 spiro atoms. The fourth-order valence-electron chi connectivity index (χ4n) is 3.81. The lowest BCUT2D eigenvalue weighted by Crippen LogP contribution is -2.32. The molecule has 0 unspecified atom stereocenters. The van der Waals surface area contributed by atoms with Gasteiger partial charge in [-0.15, -0.1) is 0 Å². The van der Waals surface area contributed by atoms with Gasteiger partial charge in [-0.1, -0.05) is 49.7 Å². The zero-order chi connectivity index (χ0) is 27.1. The van der Waals surface area contributed by atoms with Gasteiger partial charge in [-0.3, -0.25) is 4.31 Å². The summed E-state index contributed by atoms with van der Waals surface area (Å²) < 4.78 is 33.6. The molecule has 0 amide bonds. The van der Waals surface area contributed by atoms with Gasteiger partial charge < -0.3 is 14.8 Å². The number of carbonyl (C=O) groups excluding carboxylic acids is 1. The highest BCUT2D eigenvalue weighted by Crippen LogP contribution is 2.25. The molecule has 9 nitrogen and oxygen atoms in total. The lowest BCUT2D eigenvalue weighted by atomic mass is 10.2. The van der Waals surface area contributed by atoms with Crippen LogP contribution in [0, 0.1) is 11.3 Å². The number of nitriles is 1. The van der Waals surface area contributed by atoms with E-state index in [1.807, 2.05) is 13.0 Å². The summed E-state index contributed by atoms with van der Waals surface area (Å²) in [5, 5.41) is 20.0. The molecular weight excluding hydrogens is 504 g/mol. The van der Waals surface area contributed by atoms with Crippen molar-refractivity contribution < 1.29 is 23.1 Å². The van der Waals surface area contributed by atoms with E-state index in [0.29, 0.717) is 23.1 Å². The quantitative estimate of drug-likeness (QED) is 0.163. The minimum atomic E-state index is -3.97. The number of hydrogen-bond donors (Lipinski definition) is 2. The van der Waals surface area contributed by atoms with Crippen molar-refractivity contribution in [3.63, 3.8) is 0 Å². The molecule has 0 bridgehead atoms. The zero-order valence-corrected chi connectivity index (χ0v) is 21.5. The highest BCUT2D eigenvalue weighted by atomic mass is 32.2. The number of esters is 1. The van der Waals surface area contributed by atoms with Gasteiger partial charge in [0.25, 0.3) is 10.0 Å². The van der Waals surface area contributed by atoms with Crippen molar-refractivity contribution in [2.45, 2.75) is 24.7 Å². The molecule has 1 heterocycles. The second-order valence-electron chi connectivity index (χ2n) is 8.41. The summed E-state index contributed by atoms with van der Waals surface area (Å²) >= 11 is 0. The van der Waals surface area contributed by atoms with Gasteiger partial charge in [0.05, 0.1) is 27.2 Å². The number of aromatic amines is 1. The van der Waals surface area contributed by atoms with Crippen molar-refractivity contribution in [1.29, 1.82) is 5.26 Å². The van der Waals surface area contributed by atoms with Crippen molar-refractivity contribution in [3.8, 4) is 6.07 Å². The Morgan fingerprint density at radius 1 is 1.08 bits per heavy atom. The molecule has 3 aromatic carbocycles. The largest absolute Gasteiger partial charge is 0.507 e. The Labute approximate surface area is 220 Å². The number of nitrogens with one attached hydrogen (secondary N) is 1. The van der Waals surface area contributed by atoms with Crippen LogP contribution in [0.2, 0.25) is 0 Å². The molecule has 194 valence electrons. The van der Waals surface area contributed by atoms with E-state index in [0.717, 1.165) is 6.42 Å². The van der Waals surface area contributed by atoms with Crippen molar-refractivity contribution in [1.82, 2.24) is 9.97 Å². The maximum Gasteiger partial charge on any atom is 0.338 e. The Kier molecular flexibility index (Phi) is 8.09. The van der Waals surface area contributed by atoms with Crippen molar-refractivity contribution in [2.75, 3.05) is 17.5 Å². The monoisotopic (exact) mass is 530 g/mol. The number of aliphatic hydroxyl groups is 1. The van der Waals surface area contributed by atoms with Gasteiger partial charge in [0, 0.05) is 6.54 Å². The molecule has 0 fully saturated rings. The molecule has 0 radical (unpaired) electrons. The Hall–Kier alpha value is -4.62. The number of sulfonamides is 1. The van der Waals surface area contributed by atoms with Crippen LogP contribution in [0.5, 0.6) is 0 Å². The maximum absolute atomic E-state index is 13.5. The number of rotatable bonds is 10. The molecule has 1 aromatic heterocycles. The highest BCUT2D eigenvalue weighted by Gasteiger charge is 2.26. The van der Waals surface area contributed by atoms with E-state index in [2.05, 4.69) is 9.97 Å². The first-order valence-corrected chi connectivity index (χ1v) is 13.4. The number of para-hydroxylation sites is 3. The average molecular weight is 531 g/mol. The minimum Gasteiger partial charge on any atom is -0.507 e. The normalized spacial score (nSPS) is 12.0. The smallest absolute Gasteiger partial charge is 0.338 e. The molecule has 4 rings (SSSR count).